The Hall–Kier alpha value is -3.42. The van der Waals surface area contributed by atoms with E-state index >= 15 is 0 Å². The first-order valence-electron chi connectivity index (χ1n) is 14.3. The number of sulfonamides is 1. The van der Waals surface area contributed by atoms with Crippen LogP contribution in [0.15, 0.2) is 59.5 Å². The second-order valence-electron chi connectivity index (χ2n) is 10.7. The van der Waals surface area contributed by atoms with E-state index in [9.17, 15) is 30.8 Å². The number of carbonyl (C=O) groups is 1. The number of Topliss-reactive ketones (excluding diaryl/α,β-unsaturated/α-hetero) is 1. The number of anilines is 1. The van der Waals surface area contributed by atoms with Crippen LogP contribution >= 0.6 is 0 Å². The normalized spacial score (nSPS) is 18.7. The largest absolute Gasteiger partial charge is 0.416 e. The number of piperazine rings is 1. The van der Waals surface area contributed by atoms with E-state index in [-0.39, 0.29) is 30.1 Å². The lowest BCUT2D eigenvalue weighted by atomic mass is 10.0. The van der Waals surface area contributed by atoms with Crippen molar-refractivity contribution in [1.82, 2.24) is 19.2 Å². The number of nitrogens with zero attached hydrogens (tertiary/aromatic N) is 5. The van der Waals surface area contributed by atoms with Crippen molar-refractivity contribution >= 4 is 21.8 Å². The number of likely N-dealkylation sites (N-methyl/N-ethyl adjacent to an activating group) is 1. The van der Waals surface area contributed by atoms with E-state index in [1.807, 2.05) is 4.90 Å². The molecule has 0 bridgehead atoms. The minimum atomic E-state index is -4.46. The van der Waals surface area contributed by atoms with Gasteiger partial charge in [-0.05, 0) is 68.3 Å². The Morgan fingerprint density at radius 1 is 0.953 bits per heavy atom. The number of hydrogen-bond acceptors (Lipinski definition) is 7. The Labute approximate surface area is 248 Å². The molecule has 0 radical (unpaired) electrons. The maximum Gasteiger partial charge on any atom is 0.416 e. The third-order valence-corrected chi connectivity index (χ3v) is 9.92. The number of benzene rings is 2. The number of aryl methyl sites for hydroxylation is 1. The summed E-state index contributed by atoms with van der Waals surface area (Å²) in [6.45, 7) is 6.19. The summed E-state index contributed by atoms with van der Waals surface area (Å²) in [6, 6.07) is 10.1. The van der Waals surface area contributed by atoms with Crippen LogP contribution < -0.4 is 4.90 Å². The van der Waals surface area contributed by atoms with E-state index in [4.69, 9.17) is 4.98 Å². The van der Waals surface area contributed by atoms with E-state index in [1.165, 1.54) is 28.6 Å². The summed E-state index contributed by atoms with van der Waals surface area (Å²) in [4.78, 5) is 27.0. The molecule has 0 N–H and O–H groups in total. The molecule has 2 aliphatic rings. The maximum absolute atomic E-state index is 13.4. The lowest BCUT2D eigenvalue weighted by Gasteiger charge is -2.34. The van der Waals surface area contributed by atoms with Crippen LogP contribution in [-0.2, 0) is 27.4 Å². The molecule has 0 amide bonds. The van der Waals surface area contributed by atoms with Crippen molar-refractivity contribution in [3.63, 3.8) is 0 Å². The molecule has 43 heavy (non-hydrogen) atoms. The summed E-state index contributed by atoms with van der Waals surface area (Å²) < 4.78 is 80.5. The topological polar surface area (TPSA) is 86.7 Å². The highest BCUT2D eigenvalue weighted by Gasteiger charge is 2.39. The number of hydrogen-bond donors (Lipinski definition) is 0. The highest BCUT2D eigenvalue weighted by Crippen LogP contribution is 2.32. The fourth-order valence-electron chi connectivity index (χ4n) is 5.50. The molecule has 2 aromatic carbocycles. The minimum Gasteiger partial charge on any atom is -0.338 e. The zero-order valence-electron chi connectivity index (χ0n) is 23.7. The van der Waals surface area contributed by atoms with Crippen molar-refractivity contribution in [1.29, 1.82) is 0 Å². The van der Waals surface area contributed by atoms with E-state index in [0.29, 0.717) is 48.8 Å². The highest BCUT2D eigenvalue weighted by molar-refractivity contribution is 7.89. The summed E-state index contributed by atoms with van der Waals surface area (Å²) in [5.74, 6) is -0.368. The molecular weight excluding hydrogens is 586 g/mol. The van der Waals surface area contributed by atoms with Gasteiger partial charge in [0.25, 0.3) is 0 Å². The smallest absolute Gasteiger partial charge is 0.338 e. The number of carbonyl (C=O) groups excluding carboxylic acids is 1. The molecule has 13 heteroatoms. The van der Waals surface area contributed by atoms with Gasteiger partial charge in [-0.1, -0.05) is 19.1 Å². The highest BCUT2D eigenvalue weighted by atomic mass is 32.2. The standard InChI is InChI=1S/C30H33F4N5O3S/c1-2-37-16-18-38(19-17-37)29-35-24(20-26(36-29)21-5-7-22(8-6-21)30(32,33)34)11-14-28(40)27-4-3-15-39(27)43(41,42)25-12-9-23(31)10-13-25/h5-10,12-13,20,27H,2-4,11,14-19H2,1H3/t27-/m0/s1. The zero-order chi connectivity index (χ0) is 30.8. The van der Waals surface area contributed by atoms with Crippen LogP contribution in [0.3, 0.4) is 0 Å². The van der Waals surface area contributed by atoms with Gasteiger partial charge in [0.15, 0.2) is 5.78 Å². The molecule has 2 saturated heterocycles. The van der Waals surface area contributed by atoms with Crippen molar-refractivity contribution in [2.24, 2.45) is 0 Å². The average Bonchev–Trinajstić information content (AvgIpc) is 3.51. The van der Waals surface area contributed by atoms with Gasteiger partial charge >= 0.3 is 6.18 Å². The first-order chi connectivity index (χ1) is 20.5. The number of ketones is 1. The van der Waals surface area contributed by atoms with Gasteiger partial charge in [0, 0.05) is 50.4 Å². The summed E-state index contributed by atoms with van der Waals surface area (Å²) in [7, 11) is -3.99. The molecule has 0 aliphatic carbocycles. The first-order valence-corrected chi connectivity index (χ1v) is 15.7. The number of rotatable bonds is 9. The van der Waals surface area contributed by atoms with Crippen LogP contribution in [0.5, 0.6) is 0 Å². The summed E-state index contributed by atoms with van der Waals surface area (Å²) >= 11 is 0. The van der Waals surface area contributed by atoms with Crippen LogP contribution in [0.1, 0.15) is 37.4 Å². The monoisotopic (exact) mass is 619 g/mol. The lowest BCUT2D eigenvalue weighted by Crippen LogP contribution is -2.46. The van der Waals surface area contributed by atoms with Crippen LogP contribution in [0.4, 0.5) is 23.5 Å². The number of halogens is 4. The van der Waals surface area contributed by atoms with E-state index in [2.05, 4.69) is 16.8 Å². The summed E-state index contributed by atoms with van der Waals surface area (Å²) in [6.07, 6.45) is -3.33. The Kier molecular flexibility index (Phi) is 9.14. The van der Waals surface area contributed by atoms with E-state index in [0.717, 1.165) is 43.9 Å². The second kappa shape index (κ2) is 12.7. The molecule has 1 aromatic heterocycles. The van der Waals surface area contributed by atoms with Gasteiger partial charge in [-0.3, -0.25) is 4.79 Å². The molecule has 0 unspecified atom stereocenters. The maximum atomic E-state index is 13.4. The van der Waals surface area contributed by atoms with Crippen LogP contribution in [0.2, 0.25) is 0 Å². The Morgan fingerprint density at radius 2 is 1.63 bits per heavy atom. The SMILES string of the molecule is CCN1CCN(c2nc(CCC(=O)[C@@H]3CCCN3S(=O)(=O)c3ccc(F)cc3)cc(-c3ccc(C(F)(F)F)cc3)n2)CC1. The van der Waals surface area contributed by atoms with Gasteiger partial charge < -0.3 is 9.80 Å². The second-order valence-corrected chi connectivity index (χ2v) is 12.6. The molecule has 1 atom stereocenters. The zero-order valence-corrected chi connectivity index (χ0v) is 24.5. The van der Waals surface area contributed by atoms with Crippen LogP contribution in [-0.4, -0.2) is 78.7 Å². The summed E-state index contributed by atoms with van der Waals surface area (Å²) in [5, 5.41) is 0. The molecule has 5 rings (SSSR count). The third-order valence-electron chi connectivity index (χ3n) is 8.00. The van der Waals surface area contributed by atoms with Gasteiger partial charge in [0.2, 0.25) is 16.0 Å². The average molecular weight is 620 g/mol. The van der Waals surface area contributed by atoms with Gasteiger partial charge in [-0.2, -0.15) is 17.5 Å². The van der Waals surface area contributed by atoms with Crippen molar-refractivity contribution in [2.45, 2.75) is 49.7 Å². The number of aromatic nitrogens is 2. The first kappa shape index (κ1) is 31.0. The summed E-state index contributed by atoms with van der Waals surface area (Å²) in [5.41, 5.74) is 0.713. The van der Waals surface area contributed by atoms with Gasteiger partial charge in [0.05, 0.1) is 22.2 Å². The molecule has 2 fully saturated rings. The molecule has 230 valence electrons. The van der Waals surface area contributed by atoms with Crippen molar-refractivity contribution in [3.05, 3.63) is 71.7 Å². The quantitative estimate of drug-likeness (QED) is 0.318. The van der Waals surface area contributed by atoms with E-state index < -0.39 is 33.6 Å². The Bertz CT molecular complexity index is 1540. The fraction of sp³-hybridized carbons (Fsp3) is 0.433. The Balaban J connectivity index is 1.37. The van der Waals surface area contributed by atoms with Crippen LogP contribution in [0.25, 0.3) is 11.3 Å². The molecule has 8 nitrogen and oxygen atoms in total. The molecule has 3 heterocycles. The Morgan fingerprint density at radius 3 is 2.26 bits per heavy atom. The van der Waals surface area contributed by atoms with Crippen molar-refractivity contribution in [2.75, 3.05) is 44.2 Å². The predicted octanol–water partition coefficient (Wildman–Crippen LogP) is 4.80. The molecular formula is C30H33F4N5O3S. The predicted molar refractivity (Wildman–Crippen MR) is 153 cm³/mol. The van der Waals surface area contributed by atoms with Gasteiger partial charge in [-0.15, -0.1) is 0 Å². The molecule has 0 spiro atoms. The fourth-order valence-corrected chi connectivity index (χ4v) is 7.18. The van der Waals surface area contributed by atoms with E-state index in [1.54, 1.807) is 6.07 Å². The third kappa shape index (κ3) is 7.05. The van der Waals surface area contributed by atoms with Crippen molar-refractivity contribution < 1.29 is 30.8 Å². The van der Waals surface area contributed by atoms with Crippen LogP contribution in [0, 0.1) is 5.82 Å². The molecule has 3 aromatic rings. The number of alkyl halides is 3. The minimum absolute atomic E-state index is 0.0205. The molecule has 2 aliphatic heterocycles. The molecule has 0 saturated carbocycles. The van der Waals surface area contributed by atoms with Gasteiger partial charge in [-0.25, -0.2) is 22.8 Å². The van der Waals surface area contributed by atoms with Crippen molar-refractivity contribution in [3.8, 4) is 11.3 Å². The van der Waals surface area contributed by atoms with Gasteiger partial charge in [0.1, 0.15) is 5.82 Å². The lowest BCUT2D eigenvalue weighted by molar-refractivity contribution is -0.137.